The normalized spacial score (nSPS) is 20.8. The van der Waals surface area contributed by atoms with Gasteiger partial charge in [0.2, 0.25) is 5.88 Å². The van der Waals surface area contributed by atoms with Gasteiger partial charge in [0.15, 0.2) is 5.82 Å². The molecule has 1 aromatic carbocycles. The molecular formula is C16H17F2N3O2. The van der Waals surface area contributed by atoms with Gasteiger partial charge >= 0.3 is 0 Å². The highest BCUT2D eigenvalue weighted by molar-refractivity contribution is 5.44. The van der Waals surface area contributed by atoms with E-state index in [0.717, 1.165) is 18.2 Å². The number of benzene rings is 1. The van der Waals surface area contributed by atoms with E-state index in [1.165, 1.54) is 12.4 Å². The Labute approximate surface area is 132 Å². The molecule has 122 valence electrons. The lowest BCUT2D eigenvalue weighted by Gasteiger charge is -2.26. The molecule has 1 aromatic heterocycles. The van der Waals surface area contributed by atoms with Crippen LogP contribution in [0.3, 0.4) is 0 Å². The number of β-amino-alcohol motifs (C(OH)–C–C–N with tert-alkyl or cyclic N) is 1. The summed E-state index contributed by atoms with van der Waals surface area (Å²) in [7, 11) is 0. The zero-order valence-corrected chi connectivity index (χ0v) is 12.6. The number of rotatable bonds is 4. The molecule has 2 aromatic rings. The molecule has 1 N–H and O–H groups in total. The van der Waals surface area contributed by atoms with Crippen molar-refractivity contribution in [3.05, 3.63) is 47.8 Å². The second-order valence-electron chi connectivity index (χ2n) is 5.37. The molecule has 1 fully saturated rings. The van der Waals surface area contributed by atoms with Crippen LogP contribution < -0.4 is 9.64 Å². The van der Waals surface area contributed by atoms with Gasteiger partial charge in [0.1, 0.15) is 11.6 Å². The van der Waals surface area contributed by atoms with Gasteiger partial charge < -0.3 is 14.7 Å². The molecule has 0 unspecified atom stereocenters. The summed E-state index contributed by atoms with van der Waals surface area (Å²) in [5, 5.41) is 9.99. The van der Waals surface area contributed by atoms with Gasteiger partial charge in [0.25, 0.3) is 0 Å². The molecule has 7 heteroatoms. The first-order chi connectivity index (χ1) is 11.1. The number of halogens is 2. The molecule has 2 atom stereocenters. The SMILES string of the molecule is CCOc1cncc(N2C[C@@H](O)C[C@H]2c2cc(F)ccc2F)n1. The van der Waals surface area contributed by atoms with Crippen molar-refractivity contribution in [2.24, 2.45) is 0 Å². The monoisotopic (exact) mass is 321 g/mol. The molecule has 0 bridgehead atoms. The van der Waals surface area contributed by atoms with Crippen LogP contribution in [0.4, 0.5) is 14.6 Å². The van der Waals surface area contributed by atoms with Gasteiger partial charge in [-0.05, 0) is 31.5 Å². The molecule has 0 aliphatic carbocycles. The van der Waals surface area contributed by atoms with E-state index in [4.69, 9.17) is 4.74 Å². The van der Waals surface area contributed by atoms with E-state index < -0.39 is 23.8 Å². The molecular weight excluding hydrogens is 304 g/mol. The number of anilines is 1. The summed E-state index contributed by atoms with van der Waals surface area (Å²) in [6.07, 6.45) is 2.64. The molecule has 1 saturated heterocycles. The molecule has 0 amide bonds. The lowest BCUT2D eigenvalue weighted by atomic mass is 10.0. The van der Waals surface area contributed by atoms with E-state index in [9.17, 15) is 13.9 Å². The predicted molar refractivity (Wildman–Crippen MR) is 80.3 cm³/mol. The Hall–Kier alpha value is -2.28. The molecule has 1 aliphatic heterocycles. The van der Waals surface area contributed by atoms with Crippen molar-refractivity contribution in [2.75, 3.05) is 18.1 Å². The summed E-state index contributed by atoms with van der Waals surface area (Å²) in [6.45, 7) is 2.55. The molecule has 0 saturated carbocycles. The predicted octanol–water partition coefficient (Wildman–Crippen LogP) is 2.47. The average molecular weight is 321 g/mol. The first kappa shape index (κ1) is 15.6. The number of aliphatic hydroxyl groups is 1. The zero-order valence-electron chi connectivity index (χ0n) is 12.6. The lowest BCUT2D eigenvalue weighted by Crippen LogP contribution is -2.26. The van der Waals surface area contributed by atoms with E-state index in [-0.39, 0.29) is 12.1 Å². The van der Waals surface area contributed by atoms with E-state index in [2.05, 4.69) is 9.97 Å². The Morgan fingerprint density at radius 2 is 2.17 bits per heavy atom. The summed E-state index contributed by atoms with van der Waals surface area (Å²) in [4.78, 5) is 10.1. The van der Waals surface area contributed by atoms with Crippen LogP contribution >= 0.6 is 0 Å². The van der Waals surface area contributed by atoms with Crippen LogP contribution in [0.1, 0.15) is 24.9 Å². The van der Waals surface area contributed by atoms with E-state index >= 15 is 0 Å². The molecule has 0 radical (unpaired) electrons. The van der Waals surface area contributed by atoms with E-state index in [1.54, 1.807) is 4.90 Å². The van der Waals surface area contributed by atoms with E-state index in [1.807, 2.05) is 6.92 Å². The average Bonchev–Trinajstić information content (AvgIpc) is 2.92. The summed E-state index contributed by atoms with van der Waals surface area (Å²) in [5.74, 6) is -0.215. The number of hydrogen-bond acceptors (Lipinski definition) is 5. The van der Waals surface area contributed by atoms with E-state index in [0.29, 0.717) is 24.7 Å². The van der Waals surface area contributed by atoms with Crippen LogP contribution in [-0.2, 0) is 0 Å². The number of hydrogen-bond donors (Lipinski definition) is 1. The van der Waals surface area contributed by atoms with Gasteiger partial charge in [-0.25, -0.2) is 8.78 Å². The Morgan fingerprint density at radius 1 is 1.35 bits per heavy atom. The van der Waals surface area contributed by atoms with Gasteiger partial charge in [-0.15, -0.1) is 0 Å². The van der Waals surface area contributed by atoms with Crippen LogP contribution in [0.5, 0.6) is 5.88 Å². The van der Waals surface area contributed by atoms with Crippen molar-refractivity contribution in [1.29, 1.82) is 0 Å². The van der Waals surface area contributed by atoms with Crippen molar-refractivity contribution >= 4 is 5.82 Å². The van der Waals surface area contributed by atoms with Crippen molar-refractivity contribution in [3.63, 3.8) is 0 Å². The van der Waals surface area contributed by atoms with Crippen LogP contribution in [-0.4, -0.2) is 34.3 Å². The molecule has 0 spiro atoms. The second kappa shape index (κ2) is 6.45. The fourth-order valence-electron chi connectivity index (χ4n) is 2.83. The minimum Gasteiger partial charge on any atom is -0.477 e. The number of ether oxygens (including phenoxy) is 1. The molecule has 1 aliphatic rings. The zero-order chi connectivity index (χ0) is 16.4. The molecule has 2 heterocycles. The van der Waals surface area contributed by atoms with Crippen molar-refractivity contribution in [1.82, 2.24) is 9.97 Å². The first-order valence-electron chi connectivity index (χ1n) is 7.43. The van der Waals surface area contributed by atoms with Crippen LogP contribution in [0.25, 0.3) is 0 Å². The standard InChI is InChI=1S/C16H17F2N3O2/c1-2-23-16-8-19-7-15(20-16)21-9-11(22)6-14(21)12-5-10(17)3-4-13(12)18/h3-5,7-8,11,14,22H,2,6,9H2,1H3/t11-,14-/m0/s1. The third kappa shape index (κ3) is 3.24. The van der Waals surface area contributed by atoms with Crippen molar-refractivity contribution < 1.29 is 18.6 Å². The van der Waals surface area contributed by atoms with Crippen molar-refractivity contribution in [3.8, 4) is 5.88 Å². The maximum Gasteiger partial charge on any atom is 0.234 e. The maximum atomic E-state index is 14.1. The molecule has 23 heavy (non-hydrogen) atoms. The minimum absolute atomic E-state index is 0.199. The van der Waals surface area contributed by atoms with Gasteiger partial charge in [0.05, 0.1) is 31.1 Å². The Bertz CT molecular complexity index is 699. The van der Waals surface area contributed by atoms with Crippen LogP contribution in [0, 0.1) is 11.6 Å². The molecule has 3 rings (SSSR count). The Kier molecular flexibility index (Phi) is 4.38. The van der Waals surface area contributed by atoms with Gasteiger partial charge in [-0.3, -0.25) is 4.98 Å². The highest BCUT2D eigenvalue weighted by Gasteiger charge is 2.35. The maximum absolute atomic E-state index is 14.1. The Morgan fingerprint density at radius 3 is 2.96 bits per heavy atom. The summed E-state index contributed by atoms with van der Waals surface area (Å²) < 4.78 is 32.9. The highest BCUT2D eigenvalue weighted by Crippen LogP contribution is 2.37. The fraction of sp³-hybridized carbons (Fsp3) is 0.375. The highest BCUT2D eigenvalue weighted by atomic mass is 19.1. The Balaban J connectivity index is 1.96. The quantitative estimate of drug-likeness (QED) is 0.937. The largest absolute Gasteiger partial charge is 0.477 e. The smallest absolute Gasteiger partial charge is 0.234 e. The fourth-order valence-corrected chi connectivity index (χ4v) is 2.83. The van der Waals surface area contributed by atoms with Crippen LogP contribution in [0.15, 0.2) is 30.6 Å². The van der Waals surface area contributed by atoms with Crippen molar-refractivity contribution in [2.45, 2.75) is 25.5 Å². The summed E-state index contributed by atoms with van der Waals surface area (Å²) in [5.41, 5.74) is 0.199. The third-order valence-electron chi connectivity index (χ3n) is 3.78. The minimum atomic E-state index is -0.653. The first-order valence-corrected chi connectivity index (χ1v) is 7.43. The van der Waals surface area contributed by atoms with Crippen LogP contribution in [0.2, 0.25) is 0 Å². The van der Waals surface area contributed by atoms with Gasteiger partial charge in [-0.1, -0.05) is 0 Å². The van der Waals surface area contributed by atoms with Gasteiger partial charge in [0, 0.05) is 12.1 Å². The van der Waals surface area contributed by atoms with Gasteiger partial charge in [-0.2, -0.15) is 4.98 Å². The second-order valence-corrected chi connectivity index (χ2v) is 5.37. The topological polar surface area (TPSA) is 58.5 Å². The third-order valence-corrected chi connectivity index (χ3v) is 3.78. The lowest BCUT2D eigenvalue weighted by molar-refractivity contribution is 0.194. The molecule has 5 nitrogen and oxygen atoms in total. The number of aliphatic hydroxyl groups excluding tert-OH is 1. The number of nitrogens with zero attached hydrogens (tertiary/aromatic N) is 3. The summed E-state index contributed by atoms with van der Waals surface area (Å²) in [6, 6.07) is 2.82. The number of aromatic nitrogens is 2. The summed E-state index contributed by atoms with van der Waals surface area (Å²) >= 11 is 0.